The van der Waals surface area contributed by atoms with E-state index in [1.165, 1.54) is 0 Å². The van der Waals surface area contributed by atoms with Gasteiger partial charge in [0.15, 0.2) is 0 Å². The van der Waals surface area contributed by atoms with Crippen molar-refractivity contribution in [3.63, 3.8) is 0 Å². The number of morpholine rings is 1. The van der Waals surface area contributed by atoms with Gasteiger partial charge in [-0.3, -0.25) is 14.5 Å². The van der Waals surface area contributed by atoms with Crippen molar-refractivity contribution in [3.8, 4) is 0 Å². The molecular formula is C19H27NO4. The first-order chi connectivity index (χ1) is 11.1. The predicted octanol–water partition coefficient (Wildman–Crippen LogP) is 2.92. The fourth-order valence-electron chi connectivity index (χ4n) is 2.86. The number of esters is 2. The molecular weight excluding hydrogens is 306 g/mol. The molecule has 1 aliphatic heterocycles. The van der Waals surface area contributed by atoms with E-state index in [2.05, 4.69) is 0 Å². The minimum Gasteiger partial charge on any atom is -0.460 e. The fraction of sp³-hybridized carbons (Fsp3) is 0.579. The molecule has 2 rings (SSSR count). The second kappa shape index (κ2) is 6.93. The van der Waals surface area contributed by atoms with Crippen LogP contribution in [0.15, 0.2) is 30.3 Å². The van der Waals surface area contributed by atoms with Crippen LogP contribution in [0.25, 0.3) is 0 Å². The van der Waals surface area contributed by atoms with E-state index in [0.29, 0.717) is 13.1 Å². The number of carbonyl (C=O) groups is 2. The highest BCUT2D eigenvalue weighted by molar-refractivity contribution is 5.83. The van der Waals surface area contributed by atoms with Gasteiger partial charge in [0.05, 0.1) is 6.42 Å². The summed E-state index contributed by atoms with van der Waals surface area (Å²) in [6.45, 7) is 10.4. The van der Waals surface area contributed by atoms with Gasteiger partial charge in [0.1, 0.15) is 17.2 Å². The van der Waals surface area contributed by atoms with Crippen LogP contribution < -0.4 is 0 Å². The minimum atomic E-state index is -0.618. The van der Waals surface area contributed by atoms with Crippen molar-refractivity contribution in [2.75, 3.05) is 6.54 Å². The van der Waals surface area contributed by atoms with Gasteiger partial charge in [-0.1, -0.05) is 30.3 Å². The molecule has 0 saturated carbocycles. The Hall–Kier alpha value is -1.88. The summed E-state index contributed by atoms with van der Waals surface area (Å²) in [4.78, 5) is 26.6. The monoisotopic (exact) mass is 333 g/mol. The van der Waals surface area contributed by atoms with Crippen LogP contribution in [-0.2, 0) is 25.6 Å². The molecule has 1 unspecified atom stereocenters. The number of hydrogen-bond donors (Lipinski definition) is 0. The molecule has 0 amide bonds. The van der Waals surface area contributed by atoms with Gasteiger partial charge < -0.3 is 9.47 Å². The maximum Gasteiger partial charge on any atom is 0.324 e. The molecule has 1 saturated heterocycles. The second-order valence-electron chi connectivity index (χ2n) is 7.88. The van der Waals surface area contributed by atoms with Gasteiger partial charge >= 0.3 is 11.9 Å². The van der Waals surface area contributed by atoms with Gasteiger partial charge in [-0.2, -0.15) is 0 Å². The van der Waals surface area contributed by atoms with Crippen molar-refractivity contribution < 1.29 is 19.1 Å². The van der Waals surface area contributed by atoms with Crippen molar-refractivity contribution in [1.29, 1.82) is 0 Å². The molecule has 0 bridgehead atoms. The molecule has 5 heteroatoms. The molecule has 1 heterocycles. The SMILES string of the molecule is CC(C)(C)OC(=O)CC1C(=O)OC(C)(C)CN1Cc1ccccc1. The first-order valence-corrected chi connectivity index (χ1v) is 8.28. The molecule has 1 fully saturated rings. The summed E-state index contributed by atoms with van der Waals surface area (Å²) in [6.07, 6.45) is -0.000975. The van der Waals surface area contributed by atoms with Crippen molar-refractivity contribution in [2.45, 2.75) is 64.8 Å². The zero-order valence-electron chi connectivity index (χ0n) is 15.2. The highest BCUT2D eigenvalue weighted by Gasteiger charge is 2.42. The minimum absolute atomic E-state index is 0.000975. The Morgan fingerprint density at radius 3 is 2.50 bits per heavy atom. The van der Waals surface area contributed by atoms with Gasteiger partial charge in [0.25, 0.3) is 0 Å². The molecule has 5 nitrogen and oxygen atoms in total. The Kier molecular flexibility index (Phi) is 5.33. The number of hydrogen-bond acceptors (Lipinski definition) is 5. The quantitative estimate of drug-likeness (QED) is 0.793. The molecule has 1 aromatic rings. The lowest BCUT2D eigenvalue weighted by Gasteiger charge is -2.42. The van der Waals surface area contributed by atoms with Crippen molar-refractivity contribution in [3.05, 3.63) is 35.9 Å². The Balaban J connectivity index is 2.15. The van der Waals surface area contributed by atoms with Crippen molar-refractivity contribution in [1.82, 2.24) is 4.90 Å². The third-order valence-electron chi connectivity index (χ3n) is 3.68. The molecule has 0 aliphatic carbocycles. The summed E-state index contributed by atoms with van der Waals surface area (Å²) in [5.74, 6) is -0.754. The summed E-state index contributed by atoms with van der Waals surface area (Å²) in [5, 5.41) is 0. The van der Waals surface area contributed by atoms with E-state index >= 15 is 0 Å². The Morgan fingerprint density at radius 1 is 1.29 bits per heavy atom. The fourth-order valence-corrected chi connectivity index (χ4v) is 2.86. The zero-order chi connectivity index (χ0) is 18.0. The lowest BCUT2D eigenvalue weighted by Crippen LogP contribution is -2.57. The van der Waals surface area contributed by atoms with Gasteiger partial charge in [-0.05, 0) is 40.2 Å². The van der Waals surface area contributed by atoms with Crippen LogP contribution in [-0.4, -0.2) is 40.6 Å². The highest BCUT2D eigenvalue weighted by Crippen LogP contribution is 2.26. The predicted molar refractivity (Wildman–Crippen MR) is 91.3 cm³/mol. The largest absolute Gasteiger partial charge is 0.460 e. The number of ether oxygens (including phenoxy) is 2. The second-order valence-corrected chi connectivity index (χ2v) is 7.88. The summed E-state index contributed by atoms with van der Waals surface area (Å²) < 4.78 is 10.9. The maximum atomic E-state index is 12.4. The first kappa shape index (κ1) is 18.5. The van der Waals surface area contributed by atoms with E-state index in [-0.39, 0.29) is 18.4 Å². The number of cyclic esters (lactones) is 1. The van der Waals surface area contributed by atoms with Crippen LogP contribution in [0, 0.1) is 0 Å². The van der Waals surface area contributed by atoms with Gasteiger partial charge in [0.2, 0.25) is 0 Å². The van der Waals surface area contributed by atoms with E-state index in [1.54, 1.807) is 0 Å². The van der Waals surface area contributed by atoms with Crippen LogP contribution in [0.2, 0.25) is 0 Å². The number of nitrogens with zero attached hydrogens (tertiary/aromatic N) is 1. The van der Waals surface area contributed by atoms with E-state index < -0.39 is 17.2 Å². The maximum absolute atomic E-state index is 12.4. The van der Waals surface area contributed by atoms with Crippen LogP contribution >= 0.6 is 0 Å². The topological polar surface area (TPSA) is 55.8 Å². The number of rotatable bonds is 4. The molecule has 0 spiro atoms. The summed E-state index contributed by atoms with van der Waals surface area (Å²) >= 11 is 0. The standard InChI is InChI=1S/C19H27NO4/c1-18(2,3)23-16(21)11-15-17(22)24-19(4,5)13-20(15)12-14-9-7-6-8-10-14/h6-10,15H,11-13H2,1-5H3. The third kappa shape index (κ3) is 5.34. The summed E-state index contributed by atoms with van der Waals surface area (Å²) in [5.41, 5.74) is -0.0488. The molecule has 0 aromatic heterocycles. The highest BCUT2D eigenvalue weighted by atomic mass is 16.6. The molecule has 24 heavy (non-hydrogen) atoms. The van der Waals surface area contributed by atoms with E-state index in [4.69, 9.17) is 9.47 Å². The van der Waals surface area contributed by atoms with Crippen LogP contribution in [0.4, 0.5) is 0 Å². The Labute approximate surface area is 143 Å². The average Bonchev–Trinajstić information content (AvgIpc) is 2.41. The molecule has 0 radical (unpaired) electrons. The van der Waals surface area contributed by atoms with E-state index in [9.17, 15) is 9.59 Å². The Morgan fingerprint density at radius 2 is 1.92 bits per heavy atom. The van der Waals surface area contributed by atoms with E-state index in [0.717, 1.165) is 5.56 Å². The summed E-state index contributed by atoms with van der Waals surface area (Å²) in [7, 11) is 0. The van der Waals surface area contributed by atoms with E-state index in [1.807, 2.05) is 69.9 Å². The normalized spacial score (nSPS) is 21.2. The van der Waals surface area contributed by atoms with Crippen LogP contribution in [0.3, 0.4) is 0 Å². The lowest BCUT2D eigenvalue weighted by molar-refractivity contribution is -0.183. The average molecular weight is 333 g/mol. The van der Waals surface area contributed by atoms with Crippen LogP contribution in [0.5, 0.6) is 0 Å². The molecule has 1 aliphatic rings. The zero-order valence-corrected chi connectivity index (χ0v) is 15.2. The number of carbonyl (C=O) groups excluding carboxylic acids is 2. The van der Waals surface area contributed by atoms with Gasteiger partial charge in [-0.15, -0.1) is 0 Å². The molecule has 1 aromatic carbocycles. The lowest BCUT2D eigenvalue weighted by atomic mass is 10.0. The molecule has 1 atom stereocenters. The number of benzene rings is 1. The first-order valence-electron chi connectivity index (χ1n) is 8.28. The smallest absolute Gasteiger partial charge is 0.324 e. The van der Waals surface area contributed by atoms with Gasteiger partial charge in [-0.25, -0.2) is 0 Å². The third-order valence-corrected chi connectivity index (χ3v) is 3.68. The summed E-state index contributed by atoms with van der Waals surface area (Å²) in [6, 6.07) is 9.29. The van der Waals surface area contributed by atoms with Crippen molar-refractivity contribution >= 4 is 11.9 Å². The Bertz CT molecular complexity index is 589. The van der Waals surface area contributed by atoms with Gasteiger partial charge in [0, 0.05) is 13.1 Å². The van der Waals surface area contributed by atoms with Crippen molar-refractivity contribution in [2.24, 2.45) is 0 Å². The molecule has 132 valence electrons. The van der Waals surface area contributed by atoms with Crippen LogP contribution in [0.1, 0.15) is 46.6 Å². The molecule has 0 N–H and O–H groups in total.